The summed E-state index contributed by atoms with van der Waals surface area (Å²) in [6.45, 7) is -0.519. The van der Waals surface area contributed by atoms with Crippen LogP contribution in [0.5, 0.6) is 5.75 Å². The molecule has 0 saturated carbocycles. The Balaban J connectivity index is 2.14. The van der Waals surface area contributed by atoms with Crippen LogP contribution < -0.4 is 10.1 Å². The van der Waals surface area contributed by atoms with Gasteiger partial charge < -0.3 is 19.9 Å². The summed E-state index contributed by atoms with van der Waals surface area (Å²) < 4.78 is 45.0. The Bertz CT molecular complexity index is 451. The van der Waals surface area contributed by atoms with Crippen molar-refractivity contribution in [3.05, 3.63) is 29.8 Å². The minimum absolute atomic E-state index is 0.0611. The van der Waals surface area contributed by atoms with Gasteiger partial charge in [0.1, 0.15) is 24.5 Å². The second kappa shape index (κ2) is 8.48. The first-order valence-corrected chi connectivity index (χ1v) is 6.20. The third-order valence-corrected chi connectivity index (χ3v) is 2.34. The zero-order valence-corrected chi connectivity index (χ0v) is 11.2. The molecule has 0 amide bonds. The average molecular weight is 307 g/mol. The van der Waals surface area contributed by atoms with Crippen molar-refractivity contribution in [3.63, 3.8) is 0 Å². The lowest BCUT2D eigenvalue weighted by Gasteiger charge is -2.10. The van der Waals surface area contributed by atoms with E-state index in [0.29, 0.717) is 6.54 Å². The lowest BCUT2D eigenvalue weighted by Crippen LogP contribution is -2.27. The second-order valence-electron chi connectivity index (χ2n) is 4.07. The van der Waals surface area contributed by atoms with Crippen LogP contribution >= 0.6 is 0 Å². The normalized spacial score (nSPS) is 11.4. The molecule has 0 fully saturated rings. The minimum atomic E-state index is -4.32. The molecule has 0 heterocycles. The van der Waals surface area contributed by atoms with Crippen LogP contribution in [0.4, 0.5) is 13.2 Å². The molecule has 0 radical (unpaired) electrons. The molecule has 5 nitrogen and oxygen atoms in total. The van der Waals surface area contributed by atoms with Gasteiger partial charge in [0.2, 0.25) is 0 Å². The monoisotopic (exact) mass is 307 g/mol. The van der Waals surface area contributed by atoms with Crippen LogP contribution in [0, 0.1) is 0 Å². The predicted molar refractivity (Wildman–Crippen MR) is 68.6 cm³/mol. The fourth-order valence-corrected chi connectivity index (χ4v) is 1.46. The molecule has 0 aliphatic carbocycles. The number of ether oxygens (including phenoxy) is 2. The Morgan fingerprint density at radius 1 is 1.19 bits per heavy atom. The van der Waals surface area contributed by atoms with Crippen molar-refractivity contribution < 1.29 is 32.5 Å². The van der Waals surface area contributed by atoms with Gasteiger partial charge in [-0.3, -0.25) is 0 Å². The van der Waals surface area contributed by atoms with Gasteiger partial charge in [-0.1, -0.05) is 12.1 Å². The molecule has 118 valence electrons. The van der Waals surface area contributed by atoms with E-state index in [0.717, 1.165) is 0 Å². The fraction of sp³-hybridized carbons (Fsp3) is 0.462. The first kappa shape index (κ1) is 17.3. The molecule has 0 spiro atoms. The van der Waals surface area contributed by atoms with Crippen molar-refractivity contribution in [2.75, 3.05) is 32.9 Å². The zero-order valence-electron chi connectivity index (χ0n) is 11.2. The molecule has 1 aromatic carbocycles. The SMILES string of the molecule is O=C(O)c1ccccc1OCCNCCOCC(F)(F)F. The Morgan fingerprint density at radius 3 is 2.52 bits per heavy atom. The number of rotatable bonds is 9. The van der Waals surface area contributed by atoms with E-state index in [1.54, 1.807) is 12.1 Å². The third kappa shape index (κ3) is 7.52. The summed E-state index contributed by atoms with van der Waals surface area (Å²) in [4.78, 5) is 10.9. The average Bonchev–Trinajstić information content (AvgIpc) is 2.41. The summed E-state index contributed by atoms with van der Waals surface area (Å²) in [7, 11) is 0. The maximum absolute atomic E-state index is 11.8. The second-order valence-corrected chi connectivity index (χ2v) is 4.07. The van der Waals surface area contributed by atoms with E-state index in [2.05, 4.69) is 10.1 Å². The number of alkyl halides is 3. The van der Waals surface area contributed by atoms with E-state index in [1.165, 1.54) is 12.1 Å². The number of hydrogen-bond acceptors (Lipinski definition) is 4. The van der Waals surface area contributed by atoms with E-state index in [-0.39, 0.29) is 31.1 Å². The molecule has 1 rings (SSSR count). The number of carboxylic acids is 1. The van der Waals surface area contributed by atoms with Gasteiger partial charge in [0.25, 0.3) is 0 Å². The first-order chi connectivity index (χ1) is 9.90. The molecule has 0 unspecified atom stereocenters. The zero-order chi connectivity index (χ0) is 15.7. The van der Waals surface area contributed by atoms with Gasteiger partial charge in [0, 0.05) is 13.1 Å². The Hall–Kier alpha value is -1.80. The maximum Gasteiger partial charge on any atom is 0.411 e. The molecule has 2 N–H and O–H groups in total. The molecule has 0 aromatic heterocycles. The molecule has 0 aliphatic rings. The molecule has 0 bridgehead atoms. The van der Waals surface area contributed by atoms with E-state index in [9.17, 15) is 18.0 Å². The minimum Gasteiger partial charge on any atom is -0.491 e. The highest BCUT2D eigenvalue weighted by atomic mass is 19.4. The fourth-order valence-electron chi connectivity index (χ4n) is 1.46. The van der Waals surface area contributed by atoms with Crippen LogP contribution in [-0.4, -0.2) is 50.2 Å². The van der Waals surface area contributed by atoms with E-state index in [1.807, 2.05) is 0 Å². The predicted octanol–water partition coefficient (Wildman–Crippen LogP) is 1.93. The third-order valence-electron chi connectivity index (χ3n) is 2.34. The van der Waals surface area contributed by atoms with Gasteiger partial charge >= 0.3 is 12.1 Å². The van der Waals surface area contributed by atoms with Gasteiger partial charge in [-0.15, -0.1) is 0 Å². The van der Waals surface area contributed by atoms with Crippen molar-refractivity contribution in [3.8, 4) is 5.75 Å². The number of nitrogens with one attached hydrogen (secondary N) is 1. The lowest BCUT2D eigenvalue weighted by molar-refractivity contribution is -0.173. The summed E-state index contributed by atoms with van der Waals surface area (Å²) in [6.07, 6.45) is -4.32. The van der Waals surface area contributed by atoms with Crippen LogP contribution in [-0.2, 0) is 4.74 Å². The smallest absolute Gasteiger partial charge is 0.411 e. The highest BCUT2D eigenvalue weighted by molar-refractivity contribution is 5.90. The summed E-state index contributed by atoms with van der Waals surface area (Å²) in [5, 5.41) is 11.8. The van der Waals surface area contributed by atoms with Crippen molar-refractivity contribution >= 4 is 5.97 Å². The number of aromatic carboxylic acids is 1. The molecular formula is C13H16F3NO4. The topological polar surface area (TPSA) is 67.8 Å². The van der Waals surface area contributed by atoms with Crippen LogP contribution in [0.3, 0.4) is 0 Å². The standard InChI is InChI=1S/C13H16F3NO4/c14-13(15,16)9-20-7-5-17-6-8-21-11-4-2-1-3-10(11)12(18)19/h1-4,17H,5-9H2,(H,18,19). The number of carboxylic acid groups (broad SMARTS) is 1. The molecular weight excluding hydrogens is 291 g/mol. The Morgan fingerprint density at radius 2 is 1.86 bits per heavy atom. The largest absolute Gasteiger partial charge is 0.491 e. The van der Waals surface area contributed by atoms with Crippen LogP contribution in [0.15, 0.2) is 24.3 Å². The number of para-hydroxylation sites is 1. The summed E-state index contributed by atoms with van der Waals surface area (Å²) in [5.41, 5.74) is 0.0611. The van der Waals surface area contributed by atoms with E-state index in [4.69, 9.17) is 9.84 Å². The van der Waals surface area contributed by atoms with E-state index < -0.39 is 18.8 Å². The van der Waals surface area contributed by atoms with Crippen molar-refractivity contribution in [1.82, 2.24) is 5.32 Å². The quantitative estimate of drug-likeness (QED) is 0.682. The lowest BCUT2D eigenvalue weighted by atomic mass is 10.2. The van der Waals surface area contributed by atoms with Gasteiger partial charge in [0.05, 0.1) is 6.61 Å². The molecule has 1 aromatic rings. The number of carbonyl (C=O) groups is 1. The van der Waals surface area contributed by atoms with Crippen molar-refractivity contribution in [2.24, 2.45) is 0 Å². The summed E-state index contributed by atoms with van der Waals surface area (Å²) in [6, 6.07) is 6.21. The van der Waals surface area contributed by atoms with Gasteiger partial charge in [0.15, 0.2) is 0 Å². The summed E-state index contributed by atoms with van der Waals surface area (Å²) in [5.74, 6) is -0.834. The van der Waals surface area contributed by atoms with E-state index >= 15 is 0 Å². The molecule has 0 saturated heterocycles. The van der Waals surface area contributed by atoms with Crippen LogP contribution in [0.1, 0.15) is 10.4 Å². The Kier molecular flexibility index (Phi) is 6.97. The van der Waals surface area contributed by atoms with Crippen LogP contribution in [0.25, 0.3) is 0 Å². The first-order valence-electron chi connectivity index (χ1n) is 6.20. The highest BCUT2D eigenvalue weighted by Gasteiger charge is 2.27. The maximum atomic E-state index is 11.8. The number of hydrogen-bond donors (Lipinski definition) is 2. The number of benzene rings is 1. The summed E-state index contributed by atoms with van der Waals surface area (Å²) >= 11 is 0. The van der Waals surface area contributed by atoms with Gasteiger partial charge in [-0.25, -0.2) is 4.79 Å². The van der Waals surface area contributed by atoms with Gasteiger partial charge in [-0.2, -0.15) is 13.2 Å². The molecule has 21 heavy (non-hydrogen) atoms. The molecule has 0 aliphatic heterocycles. The molecule has 0 atom stereocenters. The molecule has 8 heteroatoms. The number of halogens is 3. The highest BCUT2D eigenvalue weighted by Crippen LogP contribution is 2.17. The van der Waals surface area contributed by atoms with Crippen molar-refractivity contribution in [2.45, 2.75) is 6.18 Å². The van der Waals surface area contributed by atoms with Crippen molar-refractivity contribution in [1.29, 1.82) is 0 Å². The van der Waals surface area contributed by atoms with Gasteiger partial charge in [-0.05, 0) is 12.1 Å². The van der Waals surface area contributed by atoms with Crippen LogP contribution in [0.2, 0.25) is 0 Å². The Labute approximate surface area is 119 Å².